The molecule has 0 bridgehead atoms. The van der Waals surface area contributed by atoms with Crippen LogP contribution in [0.3, 0.4) is 0 Å². The van der Waals surface area contributed by atoms with Crippen LogP contribution < -0.4 is 5.32 Å². The normalized spacial score (nSPS) is 18.4. The number of carbonyl (C=O) groups excluding carboxylic acids is 1. The van der Waals surface area contributed by atoms with Crippen molar-refractivity contribution in [3.05, 3.63) is 58.6 Å². The van der Waals surface area contributed by atoms with E-state index in [9.17, 15) is 21.6 Å². The van der Waals surface area contributed by atoms with Crippen molar-refractivity contribution in [2.24, 2.45) is 0 Å². The van der Waals surface area contributed by atoms with Gasteiger partial charge in [0.15, 0.2) is 19.7 Å². The first-order valence-electron chi connectivity index (χ1n) is 8.18. The molecule has 1 atom stereocenters. The number of nitrogens with one attached hydrogen (secondary N) is 1. The molecule has 0 aliphatic carbocycles. The van der Waals surface area contributed by atoms with Crippen molar-refractivity contribution < 1.29 is 21.6 Å². The number of rotatable bonds is 4. The molecule has 0 aromatic heterocycles. The van der Waals surface area contributed by atoms with Crippen LogP contribution in [0.1, 0.15) is 22.3 Å². The maximum Gasteiger partial charge on any atom is 0.257 e. The molecule has 1 aliphatic heterocycles. The van der Waals surface area contributed by atoms with Gasteiger partial charge in [0.25, 0.3) is 5.91 Å². The quantitative estimate of drug-likeness (QED) is 0.782. The fraction of sp³-hybridized carbons (Fsp3) is 0.222. The van der Waals surface area contributed by atoms with E-state index < -0.39 is 36.6 Å². The average Bonchev–Trinajstić information content (AvgIpc) is 3.03. The molecular formula is C18H15ClN2O5S2. The van der Waals surface area contributed by atoms with Crippen LogP contribution in [0.5, 0.6) is 0 Å². The molecule has 0 saturated carbocycles. The van der Waals surface area contributed by atoms with Gasteiger partial charge in [-0.1, -0.05) is 11.6 Å². The van der Waals surface area contributed by atoms with Crippen molar-refractivity contribution in [1.82, 2.24) is 0 Å². The Morgan fingerprint density at radius 2 is 1.86 bits per heavy atom. The summed E-state index contributed by atoms with van der Waals surface area (Å²) in [5.41, 5.74) is 0.791. The standard InChI is InChI=1S/C18H15ClN2O5S2/c19-17-6-5-14(28(25,26)15-7-8-27(23,24)11-15)9-16(17)18(22)21-13-3-1-12(10-20)2-4-13/h1-6,9,15H,7-8,11H2,(H,21,22). The van der Waals surface area contributed by atoms with E-state index in [2.05, 4.69) is 5.32 Å². The lowest BCUT2D eigenvalue weighted by atomic mass is 10.2. The number of carbonyl (C=O) groups is 1. The summed E-state index contributed by atoms with van der Waals surface area (Å²) in [5.74, 6) is -1.22. The molecule has 1 amide bonds. The Balaban J connectivity index is 1.88. The maximum absolute atomic E-state index is 12.8. The first-order chi connectivity index (χ1) is 13.1. The molecule has 1 N–H and O–H groups in total. The van der Waals surface area contributed by atoms with Gasteiger partial charge in [0, 0.05) is 5.69 Å². The highest BCUT2D eigenvalue weighted by Crippen LogP contribution is 2.28. The third kappa shape index (κ3) is 4.19. The fourth-order valence-corrected chi connectivity index (χ4v) is 7.47. The van der Waals surface area contributed by atoms with Crippen molar-refractivity contribution in [3.8, 4) is 6.07 Å². The molecule has 1 unspecified atom stereocenters. The summed E-state index contributed by atoms with van der Waals surface area (Å²) < 4.78 is 48.8. The SMILES string of the molecule is N#Cc1ccc(NC(=O)c2cc(S(=O)(=O)C3CCS(=O)(=O)C3)ccc2Cl)cc1. The van der Waals surface area contributed by atoms with Gasteiger partial charge in [-0.05, 0) is 48.9 Å². The fourth-order valence-electron chi connectivity index (χ4n) is 2.88. The third-order valence-electron chi connectivity index (χ3n) is 4.41. The highest BCUT2D eigenvalue weighted by atomic mass is 35.5. The van der Waals surface area contributed by atoms with Crippen LogP contribution in [0.2, 0.25) is 5.02 Å². The van der Waals surface area contributed by atoms with Crippen LogP contribution in [0.15, 0.2) is 47.4 Å². The van der Waals surface area contributed by atoms with E-state index >= 15 is 0 Å². The predicted octanol–water partition coefficient (Wildman–Crippen LogP) is 2.42. The molecule has 7 nitrogen and oxygen atoms in total. The van der Waals surface area contributed by atoms with Crippen molar-refractivity contribution in [2.75, 3.05) is 16.8 Å². The Morgan fingerprint density at radius 1 is 1.18 bits per heavy atom. The average molecular weight is 439 g/mol. The van der Waals surface area contributed by atoms with Crippen LogP contribution >= 0.6 is 11.6 Å². The molecule has 0 radical (unpaired) electrons. The number of halogens is 1. The zero-order valence-corrected chi connectivity index (χ0v) is 16.8. The molecule has 28 heavy (non-hydrogen) atoms. The van der Waals surface area contributed by atoms with Crippen LogP contribution in [-0.4, -0.2) is 39.5 Å². The summed E-state index contributed by atoms with van der Waals surface area (Å²) in [5, 5.41) is 10.4. The lowest BCUT2D eigenvalue weighted by Gasteiger charge is -2.13. The summed E-state index contributed by atoms with van der Waals surface area (Å²) in [6.07, 6.45) is 0.0278. The van der Waals surface area contributed by atoms with Crippen molar-refractivity contribution in [1.29, 1.82) is 5.26 Å². The van der Waals surface area contributed by atoms with Crippen LogP contribution in [-0.2, 0) is 19.7 Å². The van der Waals surface area contributed by atoms with Gasteiger partial charge in [-0.2, -0.15) is 5.26 Å². The van der Waals surface area contributed by atoms with Gasteiger partial charge in [-0.25, -0.2) is 16.8 Å². The molecule has 1 fully saturated rings. The first-order valence-corrected chi connectivity index (χ1v) is 11.9. The minimum absolute atomic E-state index is 0.0278. The Morgan fingerprint density at radius 3 is 2.43 bits per heavy atom. The lowest BCUT2D eigenvalue weighted by molar-refractivity contribution is 0.102. The van der Waals surface area contributed by atoms with E-state index in [0.717, 1.165) is 6.07 Å². The van der Waals surface area contributed by atoms with E-state index in [1.165, 1.54) is 36.4 Å². The summed E-state index contributed by atoms with van der Waals surface area (Å²) in [6.45, 7) is 0. The van der Waals surface area contributed by atoms with Crippen LogP contribution in [0.4, 0.5) is 5.69 Å². The highest BCUT2D eigenvalue weighted by molar-refractivity contribution is 7.96. The molecule has 1 saturated heterocycles. The summed E-state index contributed by atoms with van der Waals surface area (Å²) >= 11 is 6.07. The second-order valence-electron chi connectivity index (χ2n) is 6.35. The number of hydrogen-bond donors (Lipinski definition) is 1. The van der Waals surface area contributed by atoms with Gasteiger partial charge in [0.05, 0.1) is 43.9 Å². The molecule has 1 heterocycles. The zero-order valence-electron chi connectivity index (χ0n) is 14.4. The Labute approximate surface area is 167 Å². The Hall–Kier alpha value is -2.41. The van der Waals surface area contributed by atoms with Crippen molar-refractivity contribution >= 4 is 42.9 Å². The van der Waals surface area contributed by atoms with E-state index in [4.69, 9.17) is 16.9 Å². The van der Waals surface area contributed by atoms with Gasteiger partial charge in [0.1, 0.15) is 0 Å². The first kappa shape index (κ1) is 20.3. The Bertz CT molecular complexity index is 1180. The molecule has 10 heteroatoms. The highest BCUT2D eigenvalue weighted by Gasteiger charge is 2.38. The minimum Gasteiger partial charge on any atom is -0.322 e. The molecule has 0 spiro atoms. The van der Waals surface area contributed by atoms with E-state index in [-0.39, 0.29) is 27.7 Å². The minimum atomic E-state index is -3.92. The molecule has 146 valence electrons. The number of nitrogens with zero attached hydrogens (tertiary/aromatic N) is 1. The number of sulfone groups is 2. The number of hydrogen-bond acceptors (Lipinski definition) is 6. The third-order valence-corrected chi connectivity index (χ3v) is 8.91. The largest absolute Gasteiger partial charge is 0.322 e. The van der Waals surface area contributed by atoms with Crippen molar-refractivity contribution in [3.63, 3.8) is 0 Å². The molecule has 3 rings (SSSR count). The summed E-state index contributed by atoms with van der Waals surface area (Å²) in [7, 11) is -7.29. The Kier molecular flexibility index (Phi) is 5.48. The second kappa shape index (κ2) is 7.54. The van der Waals surface area contributed by atoms with E-state index in [1.807, 2.05) is 6.07 Å². The van der Waals surface area contributed by atoms with Gasteiger partial charge < -0.3 is 5.32 Å². The van der Waals surface area contributed by atoms with E-state index in [0.29, 0.717) is 11.3 Å². The molecule has 1 aliphatic rings. The molecule has 2 aromatic rings. The van der Waals surface area contributed by atoms with Gasteiger partial charge in [-0.3, -0.25) is 4.79 Å². The summed E-state index contributed by atoms with van der Waals surface area (Å²) in [4.78, 5) is 12.4. The smallest absolute Gasteiger partial charge is 0.257 e. The van der Waals surface area contributed by atoms with Gasteiger partial charge >= 0.3 is 0 Å². The van der Waals surface area contributed by atoms with Gasteiger partial charge in [0.2, 0.25) is 0 Å². The van der Waals surface area contributed by atoms with E-state index in [1.54, 1.807) is 0 Å². The second-order valence-corrected chi connectivity index (χ2v) is 11.2. The number of anilines is 1. The maximum atomic E-state index is 12.8. The van der Waals surface area contributed by atoms with Crippen molar-refractivity contribution in [2.45, 2.75) is 16.6 Å². The topological polar surface area (TPSA) is 121 Å². The monoisotopic (exact) mass is 438 g/mol. The molecule has 2 aromatic carbocycles. The molecular weight excluding hydrogens is 424 g/mol. The number of nitriles is 1. The van der Waals surface area contributed by atoms with Crippen LogP contribution in [0.25, 0.3) is 0 Å². The summed E-state index contributed by atoms with van der Waals surface area (Å²) in [6, 6.07) is 11.8. The lowest BCUT2D eigenvalue weighted by Crippen LogP contribution is -2.23. The van der Waals surface area contributed by atoms with Crippen LogP contribution in [0, 0.1) is 11.3 Å². The predicted molar refractivity (Wildman–Crippen MR) is 105 cm³/mol. The number of amides is 1. The van der Waals surface area contributed by atoms with Gasteiger partial charge in [-0.15, -0.1) is 0 Å². The number of benzene rings is 2. The zero-order chi connectivity index (χ0) is 20.5.